The Balaban J connectivity index is 3.40. The zero-order valence-electron chi connectivity index (χ0n) is 34.4. The molecule has 0 aliphatic rings. The molecule has 0 rings (SSSR count). The molecule has 0 heterocycles. The van der Waals surface area contributed by atoms with Crippen LogP contribution in [0.5, 0.6) is 0 Å². The molecule has 4 nitrogen and oxygen atoms in total. The molecule has 0 aliphatic carbocycles. The van der Waals surface area contributed by atoms with E-state index in [1.54, 1.807) is 0 Å². The van der Waals surface area contributed by atoms with E-state index < -0.39 is 6.10 Å². The van der Waals surface area contributed by atoms with Crippen molar-refractivity contribution in [2.75, 3.05) is 19.8 Å². The minimum Gasteiger partial charge on any atom is -0.457 e. The lowest BCUT2D eigenvalue weighted by atomic mass is 10.0. The standard InChI is InChI=1S/C47H88O4/c1-3-5-7-9-11-13-15-17-19-20-21-22-23-24-25-26-27-28-29-30-32-34-36-38-40-42-47(49)51-46(44-48)45-50-43-41-39-37-35-33-31-18-16-14-12-10-8-6-4-2/h14-17,20-21,46,48H,3-13,18-19,22-45H2,1-2H3/b16-14-,17-15-,21-20-. The molecule has 1 unspecified atom stereocenters. The van der Waals surface area contributed by atoms with E-state index >= 15 is 0 Å². The van der Waals surface area contributed by atoms with Gasteiger partial charge in [-0.3, -0.25) is 4.79 Å². The summed E-state index contributed by atoms with van der Waals surface area (Å²) in [5.74, 6) is -0.202. The summed E-state index contributed by atoms with van der Waals surface area (Å²) in [5.41, 5.74) is 0. The smallest absolute Gasteiger partial charge is 0.306 e. The molecule has 0 saturated heterocycles. The maximum atomic E-state index is 12.2. The highest BCUT2D eigenvalue weighted by Gasteiger charge is 2.13. The van der Waals surface area contributed by atoms with Gasteiger partial charge in [-0.15, -0.1) is 0 Å². The number of hydrogen-bond donors (Lipinski definition) is 1. The first kappa shape index (κ1) is 49.6. The SMILES string of the molecule is CCCCCC/C=C\CCCCCCCCOCC(CO)OC(=O)CCCCCCCCCCCCCCC/C=C\C/C=C\CCCCCCC. The van der Waals surface area contributed by atoms with Crippen LogP contribution in [0.3, 0.4) is 0 Å². The van der Waals surface area contributed by atoms with Gasteiger partial charge in [-0.2, -0.15) is 0 Å². The second-order valence-electron chi connectivity index (χ2n) is 15.1. The molecule has 4 heteroatoms. The predicted molar refractivity (Wildman–Crippen MR) is 224 cm³/mol. The molecule has 1 N–H and O–H groups in total. The van der Waals surface area contributed by atoms with Crippen LogP contribution in [0.15, 0.2) is 36.5 Å². The van der Waals surface area contributed by atoms with E-state index in [9.17, 15) is 9.90 Å². The monoisotopic (exact) mass is 717 g/mol. The van der Waals surface area contributed by atoms with Crippen LogP contribution >= 0.6 is 0 Å². The first-order chi connectivity index (χ1) is 25.2. The number of ether oxygens (including phenoxy) is 2. The average Bonchev–Trinajstić information content (AvgIpc) is 3.14. The van der Waals surface area contributed by atoms with Crippen molar-refractivity contribution in [2.45, 2.75) is 238 Å². The zero-order chi connectivity index (χ0) is 37.0. The van der Waals surface area contributed by atoms with E-state index in [1.165, 1.54) is 186 Å². The van der Waals surface area contributed by atoms with Crippen molar-refractivity contribution in [3.63, 3.8) is 0 Å². The molecule has 300 valence electrons. The van der Waals surface area contributed by atoms with E-state index in [4.69, 9.17) is 9.47 Å². The Bertz CT molecular complexity index is 757. The van der Waals surface area contributed by atoms with Crippen molar-refractivity contribution in [1.82, 2.24) is 0 Å². The van der Waals surface area contributed by atoms with E-state index in [1.807, 2.05) is 0 Å². The van der Waals surface area contributed by atoms with E-state index in [0.29, 0.717) is 19.6 Å². The fraction of sp³-hybridized carbons (Fsp3) is 0.851. The first-order valence-corrected chi connectivity index (χ1v) is 22.6. The number of carbonyl (C=O) groups is 1. The van der Waals surface area contributed by atoms with Crippen LogP contribution in [0, 0.1) is 0 Å². The lowest BCUT2D eigenvalue weighted by Crippen LogP contribution is -2.27. The van der Waals surface area contributed by atoms with Gasteiger partial charge in [0.25, 0.3) is 0 Å². The van der Waals surface area contributed by atoms with Crippen molar-refractivity contribution in [3.8, 4) is 0 Å². The molecule has 0 radical (unpaired) electrons. The van der Waals surface area contributed by atoms with Gasteiger partial charge in [0.15, 0.2) is 0 Å². The summed E-state index contributed by atoms with van der Waals surface area (Å²) in [6.45, 7) is 5.33. The predicted octanol–water partition coefficient (Wildman–Crippen LogP) is 14.9. The number of allylic oxidation sites excluding steroid dienone is 6. The lowest BCUT2D eigenvalue weighted by Gasteiger charge is -2.15. The van der Waals surface area contributed by atoms with Gasteiger partial charge in [0.2, 0.25) is 0 Å². The molecule has 0 aliphatic heterocycles. The van der Waals surface area contributed by atoms with Crippen LogP contribution in [-0.2, 0) is 14.3 Å². The van der Waals surface area contributed by atoms with E-state index in [-0.39, 0.29) is 12.6 Å². The number of rotatable bonds is 42. The van der Waals surface area contributed by atoms with Crippen LogP contribution in [0.2, 0.25) is 0 Å². The molecule has 1 atom stereocenters. The van der Waals surface area contributed by atoms with Gasteiger partial charge in [0, 0.05) is 13.0 Å². The number of unbranched alkanes of at least 4 members (excludes halogenated alkanes) is 28. The van der Waals surface area contributed by atoms with Crippen molar-refractivity contribution in [3.05, 3.63) is 36.5 Å². The minimum absolute atomic E-state index is 0.172. The molecular weight excluding hydrogens is 629 g/mol. The quantitative estimate of drug-likeness (QED) is 0.0388. The summed E-state index contributed by atoms with van der Waals surface area (Å²) in [6, 6.07) is 0. The summed E-state index contributed by atoms with van der Waals surface area (Å²) < 4.78 is 11.2. The Labute approximate surface area is 319 Å². The Morgan fingerprint density at radius 1 is 0.471 bits per heavy atom. The third-order valence-electron chi connectivity index (χ3n) is 9.94. The van der Waals surface area contributed by atoms with Crippen molar-refractivity contribution < 1.29 is 19.4 Å². The number of esters is 1. The first-order valence-electron chi connectivity index (χ1n) is 22.6. The normalized spacial score (nSPS) is 12.6. The molecule has 0 aromatic carbocycles. The van der Waals surface area contributed by atoms with Crippen LogP contribution in [0.4, 0.5) is 0 Å². The molecule has 0 aromatic heterocycles. The minimum atomic E-state index is -0.536. The number of aliphatic hydroxyl groups excluding tert-OH is 1. The molecule has 51 heavy (non-hydrogen) atoms. The second kappa shape index (κ2) is 44.8. The van der Waals surface area contributed by atoms with Gasteiger partial charge >= 0.3 is 5.97 Å². The van der Waals surface area contributed by atoms with Gasteiger partial charge in [-0.25, -0.2) is 0 Å². The van der Waals surface area contributed by atoms with Crippen LogP contribution in [0.25, 0.3) is 0 Å². The van der Waals surface area contributed by atoms with Gasteiger partial charge < -0.3 is 14.6 Å². The highest BCUT2D eigenvalue weighted by Crippen LogP contribution is 2.15. The van der Waals surface area contributed by atoms with Crippen molar-refractivity contribution >= 4 is 5.97 Å². The topological polar surface area (TPSA) is 55.8 Å². The van der Waals surface area contributed by atoms with Crippen molar-refractivity contribution in [1.29, 1.82) is 0 Å². The Kier molecular flexibility index (Phi) is 43.5. The van der Waals surface area contributed by atoms with Crippen LogP contribution in [0.1, 0.15) is 232 Å². The van der Waals surface area contributed by atoms with Crippen LogP contribution < -0.4 is 0 Å². The molecule has 0 bridgehead atoms. The van der Waals surface area contributed by atoms with Crippen LogP contribution in [-0.4, -0.2) is 37.0 Å². The zero-order valence-corrected chi connectivity index (χ0v) is 34.4. The van der Waals surface area contributed by atoms with Gasteiger partial charge in [-0.05, 0) is 70.6 Å². The maximum absolute atomic E-state index is 12.2. The Morgan fingerprint density at radius 3 is 1.25 bits per heavy atom. The van der Waals surface area contributed by atoms with Gasteiger partial charge in [-0.1, -0.05) is 192 Å². The third-order valence-corrected chi connectivity index (χ3v) is 9.94. The van der Waals surface area contributed by atoms with Crippen molar-refractivity contribution in [2.24, 2.45) is 0 Å². The molecule has 0 saturated carbocycles. The summed E-state index contributed by atoms with van der Waals surface area (Å²) in [6.07, 6.45) is 56.4. The lowest BCUT2D eigenvalue weighted by molar-refractivity contribution is -0.154. The van der Waals surface area contributed by atoms with Gasteiger partial charge in [0.05, 0.1) is 13.2 Å². The summed E-state index contributed by atoms with van der Waals surface area (Å²) >= 11 is 0. The molecule has 0 spiro atoms. The molecule has 0 aromatic rings. The van der Waals surface area contributed by atoms with E-state index in [2.05, 4.69) is 50.3 Å². The fourth-order valence-electron chi connectivity index (χ4n) is 6.53. The number of hydrogen-bond acceptors (Lipinski definition) is 4. The fourth-order valence-corrected chi connectivity index (χ4v) is 6.53. The summed E-state index contributed by atoms with van der Waals surface area (Å²) in [7, 11) is 0. The Hall–Kier alpha value is -1.39. The highest BCUT2D eigenvalue weighted by atomic mass is 16.6. The summed E-state index contributed by atoms with van der Waals surface area (Å²) in [5, 5.41) is 9.60. The largest absolute Gasteiger partial charge is 0.457 e. The summed E-state index contributed by atoms with van der Waals surface area (Å²) in [4.78, 5) is 12.2. The average molecular weight is 717 g/mol. The van der Waals surface area contributed by atoms with Gasteiger partial charge in [0.1, 0.15) is 6.10 Å². The maximum Gasteiger partial charge on any atom is 0.306 e. The highest BCUT2D eigenvalue weighted by molar-refractivity contribution is 5.69. The molecular formula is C47H88O4. The Morgan fingerprint density at radius 2 is 0.824 bits per heavy atom. The third kappa shape index (κ3) is 42.9. The second-order valence-corrected chi connectivity index (χ2v) is 15.1. The number of carbonyl (C=O) groups excluding carboxylic acids is 1. The molecule has 0 amide bonds. The number of aliphatic hydroxyl groups is 1. The molecule has 0 fully saturated rings. The van der Waals surface area contributed by atoms with E-state index in [0.717, 1.165) is 25.7 Å².